The van der Waals surface area contributed by atoms with Gasteiger partial charge in [0.25, 0.3) is 11.8 Å². The van der Waals surface area contributed by atoms with Gasteiger partial charge < -0.3 is 20.7 Å². The molecule has 0 aromatic heterocycles. The van der Waals surface area contributed by atoms with Crippen LogP contribution in [-0.2, 0) is 15.8 Å². The molecule has 0 radical (unpaired) electrons. The number of para-hydroxylation sites is 2. The number of rotatable bonds is 12. The summed E-state index contributed by atoms with van der Waals surface area (Å²) in [6, 6.07) is 35.7. The molecule has 11 heteroatoms. The molecule has 3 amide bonds. The number of hydrogen-bond acceptors (Lipinski definition) is 5. The third-order valence-corrected chi connectivity index (χ3v) is 8.47. The number of halogens is 3. The fraction of sp³-hybridized carbons (Fsp3) is 0.103. The Kier molecular flexibility index (Phi) is 11.7. The monoisotopic (exact) mass is 695 g/mol. The molecule has 0 aliphatic heterocycles. The molecule has 5 rings (SSSR count). The Bertz CT molecular complexity index is 1990. The smallest absolute Gasteiger partial charge is 0.418 e. The number of alkyl halides is 3. The first-order valence-electron chi connectivity index (χ1n) is 15.5. The number of benzene rings is 5. The molecule has 1 unspecified atom stereocenters. The first-order valence-corrected chi connectivity index (χ1v) is 16.4. The number of thioether (sulfide) groups is 1. The first kappa shape index (κ1) is 35.5. The summed E-state index contributed by atoms with van der Waals surface area (Å²) in [5, 5.41) is 7.04. The highest BCUT2D eigenvalue weighted by molar-refractivity contribution is 8.00. The fourth-order valence-corrected chi connectivity index (χ4v) is 5.99. The molecule has 3 N–H and O–H groups in total. The average molecular weight is 696 g/mol. The topological polar surface area (TPSA) is 96.5 Å². The van der Waals surface area contributed by atoms with Gasteiger partial charge in [0.2, 0.25) is 5.91 Å². The van der Waals surface area contributed by atoms with Crippen molar-refractivity contribution in [2.45, 2.75) is 23.2 Å². The van der Waals surface area contributed by atoms with Crippen molar-refractivity contribution < 1.29 is 32.3 Å². The molecule has 5 aromatic rings. The van der Waals surface area contributed by atoms with Gasteiger partial charge in [-0.25, -0.2) is 0 Å². The zero-order valence-corrected chi connectivity index (χ0v) is 27.6. The molecular formula is C39H32F3N3O4S. The Morgan fingerprint density at radius 2 is 1.44 bits per heavy atom. The van der Waals surface area contributed by atoms with E-state index in [1.54, 1.807) is 109 Å². The van der Waals surface area contributed by atoms with Crippen LogP contribution < -0.4 is 20.7 Å². The summed E-state index contributed by atoms with van der Waals surface area (Å²) in [4.78, 5) is 41.0. The van der Waals surface area contributed by atoms with Crippen molar-refractivity contribution in [2.24, 2.45) is 0 Å². The Labute approximate surface area is 291 Å². The van der Waals surface area contributed by atoms with E-state index in [-0.39, 0.29) is 11.4 Å². The van der Waals surface area contributed by atoms with E-state index in [9.17, 15) is 27.6 Å². The van der Waals surface area contributed by atoms with Gasteiger partial charge in [0.05, 0.1) is 17.9 Å². The molecule has 0 aliphatic rings. The third-order valence-electron chi connectivity index (χ3n) is 7.22. The second kappa shape index (κ2) is 16.5. The summed E-state index contributed by atoms with van der Waals surface area (Å²) < 4.78 is 46.8. The van der Waals surface area contributed by atoms with Gasteiger partial charge in [0.15, 0.2) is 0 Å². The van der Waals surface area contributed by atoms with E-state index in [2.05, 4.69) is 16.0 Å². The van der Waals surface area contributed by atoms with Gasteiger partial charge in [-0.3, -0.25) is 14.4 Å². The maximum Gasteiger partial charge on any atom is 0.418 e. The second-order valence-electron chi connectivity index (χ2n) is 10.8. The van der Waals surface area contributed by atoms with Gasteiger partial charge >= 0.3 is 6.18 Å². The predicted molar refractivity (Wildman–Crippen MR) is 190 cm³/mol. The summed E-state index contributed by atoms with van der Waals surface area (Å²) >= 11 is 1.10. The lowest BCUT2D eigenvalue weighted by molar-refractivity contribution is -0.137. The van der Waals surface area contributed by atoms with Crippen LogP contribution in [0.3, 0.4) is 0 Å². The lowest BCUT2D eigenvalue weighted by atomic mass is 10.1. The molecule has 5 aromatic carbocycles. The van der Waals surface area contributed by atoms with Crippen molar-refractivity contribution >= 4 is 46.9 Å². The van der Waals surface area contributed by atoms with E-state index >= 15 is 0 Å². The van der Waals surface area contributed by atoms with Crippen molar-refractivity contribution in [1.29, 1.82) is 0 Å². The van der Waals surface area contributed by atoms with E-state index in [0.29, 0.717) is 39.6 Å². The summed E-state index contributed by atoms with van der Waals surface area (Å²) in [5.41, 5.74) is 0.487. The van der Waals surface area contributed by atoms with Crippen molar-refractivity contribution in [3.05, 3.63) is 161 Å². The molecule has 254 valence electrons. The van der Waals surface area contributed by atoms with Crippen molar-refractivity contribution in [1.82, 2.24) is 5.32 Å². The van der Waals surface area contributed by atoms with Crippen LogP contribution in [0.2, 0.25) is 0 Å². The lowest BCUT2D eigenvalue weighted by Gasteiger charge is -2.19. The number of hydrogen-bond donors (Lipinski definition) is 3. The number of anilines is 2. The summed E-state index contributed by atoms with van der Waals surface area (Å²) in [6.45, 7) is 2.23. The molecule has 0 fully saturated rings. The maximum atomic E-state index is 13.7. The van der Waals surface area contributed by atoms with Crippen LogP contribution in [0, 0.1) is 0 Å². The molecule has 7 nitrogen and oxygen atoms in total. The SMILES string of the molecule is CCOc1ccccc1/C=C(/NC(=O)c1ccccc1)C(=O)Nc1cccc(SC(C(=O)Nc2ccccc2C(F)(F)F)c2ccccc2)c1. The van der Waals surface area contributed by atoms with Crippen LogP contribution in [0.5, 0.6) is 5.75 Å². The summed E-state index contributed by atoms with van der Waals surface area (Å²) in [6.07, 6.45) is -3.14. The van der Waals surface area contributed by atoms with Crippen molar-refractivity contribution in [3.63, 3.8) is 0 Å². The zero-order valence-electron chi connectivity index (χ0n) is 26.7. The van der Waals surface area contributed by atoms with E-state index < -0.39 is 34.7 Å². The van der Waals surface area contributed by atoms with Crippen LogP contribution in [0.15, 0.2) is 144 Å². The predicted octanol–water partition coefficient (Wildman–Crippen LogP) is 8.99. The van der Waals surface area contributed by atoms with Gasteiger partial charge in [-0.05, 0) is 67.1 Å². The number of ether oxygens (including phenoxy) is 1. The molecule has 50 heavy (non-hydrogen) atoms. The zero-order chi connectivity index (χ0) is 35.5. The standard InChI is InChI=1S/C39H32F3N3O4S/c1-2-49-34-23-12-9-18-28(34)24-33(45-36(46)27-16-7-4-8-17-27)37(47)43-29-19-13-20-30(25-29)50-35(26-14-5-3-6-15-26)38(48)44-32-22-11-10-21-31(32)39(40,41)42/h3-25,35H,2H2,1H3,(H,43,47)(H,44,48)(H,45,46)/b33-24+. The van der Waals surface area contributed by atoms with E-state index in [1.165, 1.54) is 24.3 Å². The summed E-state index contributed by atoms with van der Waals surface area (Å²) in [7, 11) is 0. The van der Waals surface area contributed by atoms with Crippen LogP contribution in [-0.4, -0.2) is 24.3 Å². The number of amides is 3. The second-order valence-corrected chi connectivity index (χ2v) is 12.0. The van der Waals surface area contributed by atoms with Crippen molar-refractivity contribution in [3.8, 4) is 5.75 Å². The number of carbonyl (C=O) groups is 3. The largest absolute Gasteiger partial charge is 0.493 e. The number of carbonyl (C=O) groups excluding carboxylic acids is 3. The third kappa shape index (κ3) is 9.42. The van der Waals surface area contributed by atoms with E-state index in [0.717, 1.165) is 17.8 Å². The minimum absolute atomic E-state index is 0.0473. The minimum atomic E-state index is -4.66. The van der Waals surface area contributed by atoms with Gasteiger partial charge in [-0.15, -0.1) is 11.8 Å². The minimum Gasteiger partial charge on any atom is -0.493 e. The molecule has 0 heterocycles. The Morgan fingerprint density at radius 1 is 0.780 bits per heavy atom. The first-order chi connectivity index (χ1) is 24.1. The lowest BCUT2D eigenvalue weighted by Crippen LogP contribution is -2.30. The molecular weight excluding hydrogens is 664 g/mol. The Balaban J connectivity index is 1.41. The quantitative estimate of drug-likeness (QED) is 0.0895. The van der Waals surface area contributed by atoms with Gasteiger partial charge in [-0.2, -0.15) is 13.2 Å². The Morgan fingerprint density at radius 3 is 2.16 bits per heavy atom. The highest BCUT2D eigenvalue weighted by Gasteiger charge is 2.34. The highest BCUT2D eigenvalue weighted by Crippen LogP contribution is 2.39. The van der Waals surface area contributed by atoms with Gasteiger partial charge in [0, 0.05) is 21.7 Å². The molecule has 1 atom stereocenters. The van der Waals surface area contributed by atoms with Crippen LogP contribution in [0.1, 0.15) is 39.2 Å². The maximum absolute atomic E-state index is 13.7. The fourth-order valence-electron chi connectivity index (χ4n) is 4.90. The summed E-state index contributed by atoms with van der Waals surface area (Å²) in [5.74, 6) is -1.25. The van der Waals surface area contributed by atoms with Crippen LogP contribution in [0.4, 0.5) is 24.5 Å². The Hall–Kier alpha value is -5.81. The van der Waals surface area contributed by atoms with Crippen LogP contribution >= 0.6 is 11.8 Å². The van der Waals surface area contributed by atoms with Gasteiger partial charge in [-0.1, -0.05) is 84.9 Å². The van der Waals surface area contributed by atoms with Gasteiger partial charge in [0.1, 0.15) is 16.7 Å². The van der Waals surface area contributed by atoms with E-state index in [4.69, 9.17) is 4.74 Å². The molecule has 0 saturated heterocycles. The van der Waals surface area contributed by atoms with Crippen LogP contribution in [0.25, 0.3) is 6.08 Å². The number of nitrogens with one attached hydrogen (secondary N) is 3. The van der Waals surface area contributed by atoms with E-state index in [1.807, 2.05) is 6.92 Å². The van der Waals surface area contributed by atoms with Crippen molar-refractivity contribution in [2.75, 3.05) is 17.2 Å². The normalized spacial score (nSPS) is 12.0. The molecule has 0 aliphatic carbocycles. The molecule has 0 spiro atoms. The highest BCUT2D eigenvalue weighted by atomic mass is 32.2. The molecule has 0 saturated carbocycles. The molecule has 0 bridgehead atoms. The average Bonchev–Trinajstić information content (AvgIpc) is 3.12.